The van der Waals surface area contributed by atoms with Gasteiger partial charge in [0, 0.05) is 0 Å². The molecular formula is C12H19N7O. The van der Waals surface area contributed by atoms with Gasteiger partial charge in [-0.15, -0.1) is 5.10 Å². The van der Waals surface area contributed by atoms with Crippen LogP contribution in [0.15, 0.2) is 6.20 Å². The summed E-state index contributed by atoms with van der Waals surface area (Å²) in [5.41, 5.74) is 8.25. The van der Waals surface area contributed by atoms with Crippen molar-refractivity contribution in [1.29, 1.82) is 0 Å². The van der Waals surface area contributed by atoms with Crippen molar-refractivity contribution >= 4 is 11.6 Å². The predicted molar refractivity (Wildman–Crippen MR) is 73.9 cm³/mol. The van der Waals surface area contributed by atoms with Crippen molar-refractivity contribution in [2.24, 2.45) is 5.73 Å². The van der Waals surface area contributed by atoms with Crippen LogP contribution in [0.4, 0.5) is 5.69 Å². The van der Waals surface area contributed by atoms with E-state index in [1.807, 2.05) is 27.7 Å². The summed E-state index contributed by atoms with van der Waals surface area (Å²) in [6, 6.07) is 0. The summed E-state index contributed by atoms with van der Waals surface area (Å²) in [6.45, 7) is 7.41. The maximum Gasteiger partial charge on any atom is 0.246 e. The highest BCUT2D eigenvalue weighted by Gasteiger charge is 2.19. The van der Waals surface area contributed by atoms with E-state index in [2.05, 4.69) is 25.8 Å². The van der Waals surface area contributed by atoms with E-state index in [0.29, 0.717) is 11.4 Å². The monoisotopic (exact) mass is 277 g/mol. The van der Waals surface area contributed by atoms with Gasteiger partial charge in [0.2, 0.25) is 5.91 Å². The first-order chi connectivity index (χ1) is 9.27. The number of amides is 1. The van der Waals surface area contributed by atoms with Gasteiger partial charge in [-0.1, -0.05) is 5.21 Å². The molecule has 8 heteroatoms. The van der Waals surface area contributed by atoms with Crippen LogP contribution in [0, 0.1) is 13.8 Å². The van der Waals surface area contributed by atoms with Crippen LogP contribution in [0.3, 0.4) is 0 Å². The molecule has 1 amide bonds. The van der Waals surface area contributed by atoms with Crippen LogP contribution in [-0.2, 0) is 16.9 Å². The molecule has 0 fully saturated rings. The minimum absolute atomic E-state index is 0.0765. The Morgan fingerprint density at radius 2 is 2.20 bits per heavy atom. The van der Waals surface area contributed by atoms with Crippen LogP contribution in [-0.4, -0.2) is 31.1 Å². The van der Waals surface area contributed by atoms with E-state index >= 15 is 0 Å². The second-order valence-electron chi connectivity index (χ2n) is 5.38. The van der Waals surface area contributed by atoms with Crippen molar-refractivity contribution in [2.45, 2.75) is 39.8 Å². The van der Waals surface area contributed by atoms with E-state index in [0.717, 1.165) is 11.4 Å². The number of H-pyrrole nitrogens is 1. The van der Waals surface area contributed by atoms with E-state index in [4.69, 9.17) is 5.73 Å². The van der Waals surface area contributed by atoms with Crippen LogP contribution >= 0.6 is 0 Å². The predicted octanol–water partition coefficient (Wildman–Crippen LogP) is 0.451. The number of aromatic amines is 1. The molecule has 8 nitrogen and oxygen atoms in total. The number of carbonyl (C=O) groups excluding carboxylic acids is 1. The lowest BCUT2D eigenvalue weighted by Crippen LogP contribution is -2.29. The Labute approximate surface area is 116 Å². The average molecular weight is 277 g/mol. The topological polar surface area (TPSA) is 115 Å². The van der Waals surface area contributed by atoms with Crippen molar-refractivity contribution in [3.05, 3.63) is 23.3 Å². The lowest BCUT2D eigenvalue weighted by molar-refractivity contribution is -0.116. The fraction of sp³-hybridized carbons (Fsp3) is 0.500. The first-order valence-electron chi connectivity index (χ1n) is 6.28. The molecule has 108 valence electrons. The van der Waals surface area contributed by atoms with Crippen molar-refractivity contribution in [3.8, 4) is 0 Å². The Kier molecular flexibility index (Phi) is 3.58. The molecule has 2 aromatic rings. The van der Waals surface area contributed by atoms with Gasteiger partial charge >= 0.3 is 0 Å². The number of hydrogen-bond donors (Lipinski definition) is 3. The number of aromatic nitrogens is 5. The summed E-state index contributed by atoms with van der Waals surface area (Å²) < 4.78 is 1.46. The van der Waals surface area contributed by atoms with Crippen molar-refractivity contribution in [1.82, 2.24) is 25.2 Å². The fourth-order valence-electron chi connectivity index (χ4n) is 1.73. The summed E-state index contributed by atoms with van der Waals surface area (Å²) in [5.74, 6) is -0.191. The second kappa shape index (κ2) is 5.04. The number of carbonyl (C=O) groups is 1. The lowest BCUT2D eigenvalue weighted by atomic mass is 10.0. The molecule has 0 spiro atoms. The van der Waals surface area contributed by atoms with Gasteiger partial charge in [0.15, 0.2) is 0 Å². The first-order valence-corrected chi connectivity index (χ1v) is 6.28. The van der Waals surface area contributed by atoms with E-state index in [1.54, 1.807) is 6.20 Å². The molecule has 0 aliphatic rings. The highest BCUT2D eigenvalue weighted by molar-refractivity contribution is 5.91. The molecule has 2 heterocycles. The molecule has 0 saturated heterocycles. The summed E-state index contributed by atoms with van der Waals surface area (Å²) in [6.07, 6.45) is 1.68. The summed E-state index contributed by atoms with van der Waals surface area (Å²) >= 11 is 0. The third-order valence-corrected chi connectivity index (χ3v) is 2.90. The molecule has 0 atom stereocenters. The third kappa shape index (κ3) is 3.02. The molecule has 0 bridgehead atoms. The quantitative estimate of drug-likeness (QED) is 0.750. The number of hydrogen-bond acceptors (Lipinski definition) is 5. The molecular weight excluding hydrogens is 258 g/mol. The van der Waals surface area contributed by atoms with Gasteiger partial charge < -0.3 is 11.1 Å². The van der Waals surface area contributed by atoms with Crippen LogP contribution in [0.1, 0.15) is 30.9 Å². The molecule has 0 unspecified atom stereocenters. The molecule has 4 N–H and O–H groups in total. The number of nitrogens with two attached hydrogens (primary N) is 1. The van der Waals surface area contributed by atoms with Crippen molar-refractivity contribution in [2.75, 3.05) is 5.32 Å². The second-order valence-corrected chi connectivity index (χ2v) is 5.38. The number of rotatable bonds is 4. The van der Waals surface area contributed by atoms with Gasteiger partial charge in [-0.2, -0.15) is 5.10 Å². The molecule has 0 saturated carbocycles. The fourth-order valence-corrected chi connectivity index (χ4v) is 1.73. The average Bonchev–Trinajstić information content (AvgIpc) is 2.90. The zero-order chi connectivity index (χ0) is 14.9. The van der Waals surface area contributed by atoms with Crippen LogP contribution < -0.4 is 11.1 Å². The van der Waals surface area contributed by atoms with Crippen LogP contribution in [0.5, 0.6) is 0 Å². The van der Waals surface area contributed by atoms with Gasteiger partial charge in [-0.05, 0) is 27.7 Å². The summed E-state index contributed by atoms with van der Waals surface area (Å²) in [7, 11) is 0. The molecule has 2 rings (SSSR count). The van der Waals surface area contributed by atoms with Gasteiger partial charge in [0.1, 0.15) is 12.2 Å². The molecule has 0 aromatic carbocycles. The van der Waals surface area contributed by atoms with Gasteiger partial charge in [-0.25, -0.2) is 4.68 Å². The van der Waals surface area contributed by atoms with Gasteiger partial charge in [0.05, 0.1) is 28.8 Å². The highest BCUT2D eigenvalue weighted by Crippen LogP contribution is 2.16. The molecule has 0 radical (unpaired) electrons. The van der Waals surface area contributed by atoms with E-state index < -0.39 is 5.54 Å². The normalized spacial score (nSPS) is 11.7. The molecule has 2 aromatic heterocycles. The Balaban J connectivity index is 2.04. The Morgan fingerprint density at radius 3 is 2.70 bits per heavy atom. The molecule has 0 aliphatic carbocycles. The maximum atomic E-state index is 12.0. The van der Waals surface area contributed by atoms with Gasteiger partial charge in [-0.3, -0.25) is 9.89 Å². The number of anilines is 1. The number of nitrogens with zero attached hydrogens (tertiary/aromatic N) is 4. The smallest absolute Gasteiger partial charge is 0.246 e. The standard InChI is InChI=1S/C12H19N7O/c1-7-11(8(2)16-15-7)14-10(20)6-19-5-9(17-18-19)12(3,4)13/h5H,6,13H2,1-4H3,(H,14,20)(H,15,16). The van der Waals surface area contributed by atoms with Crippen molar-refractivity contribution in [3.63, 3.8) is 0 Å². The Morgan fingerprint density at radius 1 is 1.50 bits per heavy atom. The minimum atomic E-state index is -0.577. The van der Waals surface area contributed by atoms with Gasteiger partial charge in [0.25, 0.3) is 0 Å². The zero-order valence-corrected chi connectivity index (χ0v) is 12.1. The Bertz CT molecular complexity index is 601. The largest absolute Gasteiger partial charge is 0.321 e. The number of aryl methyl sites for hydroxylation is 2. The lowest BCUT2D eigenvalue weighted by Gasteiger charge is -2.13. The molecule has 20 heavy (non-hydrogen) atoms. The SMILES string of the molecule is Cc1n[nH]c(C)c1NC(=O)Cn1cc(C(C)(C)N)nn1. The third-order valence-electron chi connectivity index (χ3n) is 2.90. The van der Waals surface area contributed by atoms with E-state index in [-0.39, 0.29) is 12.5 Å². The van der Waals surface area contributed by atoms with E-state index in [9.17, 15) is 4.79 Å². The summed E-state index contributed by atoms with van der Waals surface area (Å²) in [5, 5.41) is 17.5. The molecule has 0 aliphatic heterocycles. The maximum absolute atomic E-state index is 12.0. The van der Waals surface area contributed by atoms with Crippen molar-refractivity contribution < 1.29 is 4.79 Å². The minimum Gasteiger partial charge on any atom is -0.321 e. The van der Waals surface area contributed by atoms with Crippen LogP contribution in [0.25, 0.3) is 0 Å². The number of nitrogens with one attached hydrogen (secondary N) is 2. The zero-order valence-electron chi connectivity index (χ0n) is 12.1. The van der Waals surface area contributed by atoms with E-state index in [1.165, 1.54) is 4.68 Å². The highest BCUT2D eigenvalue weighted by atomic mass is 16.2. The van der Waals surface area contributed by atoms with Crippen LogP contribution in [0.2, 0.25) is 0 Å². The summed E-state index contributed by atoms with van der Waals surface area (Å²) in [4.78, 5) is 12.0. The Hall–Kier alpha value is -2.22. The first kappa shape index (κ1) is 14.2.